The molecule has 0 fully saturated rings. The standard InChI is InChI=1S/C17H22N2O5/c1-3-4-5-15(18)16(20)19-14-8-6-13(7-9-14)17(21)24-12-23-11-10-22-2/h4-9,18H,3,10-12H2,1-2H3,(H,19,20). The van der Waals surface area contributed by atoms with Gasteiger partial charge < -0.3 is 19.5 Å². The van der Waals surface area contributed by atoms with Gasteiger partial charge in [0.1, 0.15) is 5.71 Å². The lowest BCUT2D eigenvalue weighted by Crippen LogP contribution is -2.20. The van der Waals surface area contributed by atoms with Crippen molar-refractivity contribution in [1.29, 1.82) is 5.41 Å². The third-order valence-electron chi connectivity index (χ3n) is 2.85. The van der Waals surface area contributed by atoms with Crippen LogP contribution in [0.25, 0.3) is 0 Å². The summed E-state index contributed by atoms with van der Waals surface area (Å²) in [7, 11) is 1.55. The lowest BCUT2D eigenvalue weighted by molar-refractivity contribution is -0.110. The van der Waals surface area contributed by atoms with Gasteiger partial charge in [-0.25, -0.2) is 4.79 Å². The lowest BCUT2D eigenvalue weighted by Gasteiger charge is -2.07. The summed E-state index contributed by atoms with van der Waals surface area (Å²) < 4.78 is 14.8. The third-order valence-corrected chi connectivity index (χ3v) is 2.85. The van der Waals surface area contributed by atoms with Crippen molar-refractivity contribution in [2.45, 2.75) is 13.3 Å². The number of rotatable bonds is 10. The van der Waals surface area contributed by atoms with Crippen LogP contribution < -0.4 is 5.32 Å². The molecule has 7 nitrogen and oxygen atoms in total. The lowest BCUT2D eigenvalue weighted by atomic mass is 10.2. The number of amides is 1. The van der Waals surface area contributed by atoms with Crippen LogP contribution in [0.4, 0.5) is 5.69 Å². The van der Waals surface area contributed by atoms with Crippen molar-refractivity contribution in [1.82, 2.24) is 0 Å². The van der Waals surface area contributed by atoms with Crippen molar-refractivity contribution in [3.8, 4) is 0 Å². The van der Waals surface area contributed by atoms with Gasteiger partial charge >= 0.3 is 5.97 Å². The van der Waals surface area contributed by atoms with Crippen molar-refractivity contribution in [3.05, 3.63) is 42.0 Å². The van der Waals surface area contributed by atoms with Crippen LogP contribution in [-0.4, -0.2) is 44.7 Å². The molecule has 0 aromatic heterocycles. The Morgan fingerprint density at radius 3 is 2.54 bits per heavy atom. The van der Waals surface area contributed by atoms with Crippen molar-refractivity contribution in [2.24, 2.45) is 0 Å². The van der Waals surface area contributed by atoms with Gasteiger partial charge in [0.25, 0.3) is 5.91 Å². The second-order valence-electron chi connectivity index (χ2n) is 4.71. The number of ether oxygens (including phenoxy) is 3. The van der Waals surface area contributed by atoms with E-state index in [4.69, 9.17) is 19.6 Å². The van der Waals surface area contributed by atoms with E-state index in [1.54, 1.807) is 25.3 Å². The molecule has 24 heavy (non-hydrogen) atoms. The van der Waals surface area contributed by atoms with E-state index in [-0.39, 0.29) is 12.5 Å². The molecule has 2 N–H and O–H groups in total. The topological polar surface area (TPSA) is 97.7 Å². The number of benzene rings is 1. The molecule has 0 aliphatic rings. The SMILES string of the molecule is CCC=CC(=N)C(=O)Nc1ccc(C(=O)OCOCCOC)cc1. The second-order valence-corrected chi connectivity index (χ2v) is 4.71. The molecule has 1 rings (SSSR count). The quantitative estimate of drug-likeness (QED) is 0.296. The Morgan fingerprint density at radius 2 is 1.92 bits per heavy atom. The molecule has 0 aliphatic heterocycles. The molecule has 0 atom stereocenters. The number of esters is 1. The fourth-order valence-corrected chi connectivity index (χ4v) is 1.58. The number of hydrogen-bond acceptors (Lipinski definition) is 6. The second kappa shape index (κ2) is 11.1. The minimum absolute atomic E-state index is 0.131. The minimum Gasteiger partial charge on any atom is -0.435 e. The van der Waals surface area contributed by atoms with Crippen molar-refractivity contribution >= 4 is 23.3 Å². The van der Waals surface area contributed by atoms with Crippen molar-refractivity contribution in [3.63, 3.8) is 0 Å². The summed E-state index contributed by atoms with van der Waals surface area (Å²) in [6.07, 6.45) is 3.93. The largest absolute Gasteiger partial charge is 0.435 e. The number of carbonyl (C=O) groups is 2. The first-order chi connectivity index (χ1) is 11.6. The molecule has 0 bridgehead atoms. The summed E-state index contributed by atoms with van der Waals surface area (Å²) in [6.45, 7) is 2.53. The Morgan fingerprint density at radius 1 is 1.21 bits per heavy atom. The number of allylic oxidation sites excluding steroid dienone is 1. The maximum atomic E-state index is 11.8. The number of hydrogen-bond donors (Lipinski definition) is 2. The number of anilines is 1. The Labute approximate surface area is 141 Å². The molecule has 1 aromatic rings. The first kappa shape index (κ1) is 19.5. The Bertz CT molecular complexity index is 581. The maximum absolute atomic E-state index is 11.8. The number of carbonyl (C=O) groups excluding carboxylic acids is 2. The van der Waals surface area contributed by atoms with Gasteiger partial charge in [0.2, 0.25) is 0 Å². The van der Waals surface area contributed by atoms with Gasteiger partial charge in [-0.1, -0.05) is 13.0 Å². The third kappa shape index (κ3) is 7.17. The van der Waals surface area contributed by atoms with Crippen LogP contribution >= 0.6 is 0 Å². The molecular weight excluding hydrogens is 312 g/mol. The first-order valence-corrected chi connectivity index (χ1v) is 7.48. The van der Waals surface area contributed by atoms with Gasteiger partial charge in [-0.3, -0.25) is 10.2 Å². The normalized spacial score (nSPS) is 10.6. The average molecular weight is 334 g/mol. The zero-order valence-electron chi connectivity index (χ0n) is 13.8. The van der Waals surface area contributed by atoms with Crippen LogP contribution in [0.2, 0.25) is 0 Å². The molecule has 0 aliphatic carbocycles. The summed E-state index contributed by atoms with van der Waals surface area (Å²) in [5.41, 5.74) is 0.695. The van der Waals surface area contributed by atoms with Gasteiger partial charge in [-0.15, -0.1) is 0 Å². The van der Waals surface area contributed by atoms with Crippen LogP contribution in [0, 0.1) is 5.41 Å². The summed E-state index contributed by atoms with van der Waals surface area (Å²) >= 11 is 0. The van der Waals surface area contributed by atoms with Gasteiger partial charge in [-0.2, -0.15) is 0 Å². The summed E-state index contributed by atoms with van der Waals surface area (Å²) in [6, 6.07) is 6.19. The fourth-order valence-electron chi connectivity index (χ4n) is 1.58. The van der Waals surface area contributed by atoms with E-state index in [0.29, 0.717) is 24.5 Å². The summed E-state index contributed by atoms with van der Waals surface area (Å²) in [5, 5.41) is 10.2. The van der Waals surface area contributed by atoms with Crippen molar-refractivity contribution < 1.29 is 23.8 Å². The van der Waals surface area contributed by atoms with Gasteiger partial charge in [-0.05, 0) is 36.8 Å². The minimum atomic E-state index is -0.524. The molecular formula is C17H22N2O5. The monoisotopic (exact) mass is 334 g/mol. The molecule has 1 amide bonds. The first-order valence-electron chi connectivity index (χ1n) is 7.48. The van der Waals surface area contributed by atoms with Crippen LogP contribution in [0.3, 0.4) is 0 Å². The van der Waals surface area contributed by atoms with Gasteiger partial charge in [0.15, 0.2) is 6.79 Å². The molecule has 0 saturated heterocycles. The molecule has 0 unspecified atom stereocenters. The van der Waals surface area contributed by atoms with Gasteiger partial charge in [0.05, 0.1) is 18.8 Å². The number of methoxy groups -OCH3 is 1. The Kier molecular flexibility index (Phi) is 9.03. The van der Waals surface area contributed by atoms with Crippen molar-refractivity contribution in [2.75, 3.05) is 32.4 Å². The maximum Gasteiger partial charge on any atom is 0.340 e. The molecule has 0 spiro atoms. The Balaban J connectivity index is 2.47. The molecule has 0 radical (unpaired) electrons. The van der Waals surface area contributed by atoms with Crippen LogP contribution in [0.5, 0.6) is 0 Å². The highest BCUT2D eigenvalue weighted by molar-refractivity contribution is 6.45. The fraction of sp³-hybridized carbons (Fsp3) is 0.353. The van der Waals surface area contributed by atoms with Crippen LogP contribution in [0.15, 0.2) is 36.4 Å². The van der Waals surface area contributed by atoms with E-state index < -0.39 is 11.9 Å². The zero-order chi connectivity index (χ0) is 17.8. The molecule has 130 valence electrons. The average Bonchev–Trinajstić information content (AvgIpc) is 2.59. The predicted molar refractivity (Wildman–Crippen MR) is 90.3 cm³/mol. The molecule has 1 aromatic carbocycles. The molecule has 7 heteroatoms. The molecule has 0 saturated carbocycles. The van der Waals surface area contributed by atoms with Crippen LogP contribution in [0.1, 0.15) is 23.7 Å². The predicted octanol–water partition coefficient (Wildman–Crippen LogP) is 2.39. The number of nitrogens with one attached hydrogen (secondary N) is 2. The van der Waals surface area contributed by atoms with E-state index >= 15 is 0 Å². The summed E-state index contributed by atoms with van der Waals surface area (Å²) in [5.74, 6) is -1.04. The highest BCUT2D eigenvalue weighted by Gasteiger charge is 2.09. The van der Waals surface area contributed by atoms with Crippen LogP contribution in [-0.2, 0) is 19.0 Å². The Hall–Kier alpha value is -2.51. The molecule has 0 heterocycles. The van der Waals surface area contributed by atoms with E-state index in [1.165, 1.54) is 18.2 Å². The zero-order valence-corrected chi connectivity index (χ0v) is 13.8. The van der Waals surface area contributed by atoms with E-state index in [2.05, 4.69) is 5.32 Å². The smallest absolute Gasteiger partial charge is 0.340 e. The summed E-state index contributed by atoms with van der Waals surface area (Å²) in [4.78, 5) is 23.5. The highest BCUT2D eigenvalue weighted by atomic mass is 16.7. The van der Waals surface area contributed by atoms with E-state index in [1.807, 2.05) is 6.92 Å². The van der Waals surface area contributed by atoms with E-state index in [9.17, 15) is 9.59 Å². The van der Waals surface area contributed by atoms with Gasteiger partial charge in [0, 0.05) is 12.8 Å². The highest BCUT2D eigenvalue weighted by Crippen LogP contribution is 2.11. The van der Waals surface area contributed by atoms with E-state index in [0.717, 1.165) is 6.42 Å².